The summed E-state index contributed by atoms with van der Waals surface area (Å²) in [5.41, 5.74) is 1.47. The number of nitrogens with one attached hydrogen (secondary N) is 1. The van der Waals surface area contributed by atoms with Gasteiger partial charge in [0.25, 0.3) is 0 Å². The van der Waals surface area contributed by atoms with Gasteiger partial charge >= 0.3 is 0 Å². The van der Waals surface area contributed by atoms with Crippen molar-refractivity contribution in [2.24, 2.45) is 0 Å². The molecule has 2 atom stereocenters. The molecule has 0 aliphatic carbocycles. The first-order valence-electron chi connectivity index (χ1n) is 5.78. The summed E-state index contributed by atoms with van der Waals surface area (Å²) in [5, 5.41) is 8.90. The molecule has 0 bridgehead atoms. The number of hydrogen-bond acceptors (Lipinski definition) is 4. The molecule has 1 aromatic heterocycles. The normalized spacial score (nSPS) is 23.2. The molecule has 1 nitrogen and oxygen atoms in total. The standard InChI is InChI=1S/C12H19NS3/c1-10(6-11-2-3-14-8-11)13-7-12-9-15-4-5-16-12/h2-3,8,10,12-13H,4-7,9H2,1H3. The van der Waals surface area contributed by atoms with Gasteiger partial charge in [-0.2, -0.15) is 34.9 Å². The Morgan fingerprint density at radius 2 is 2.44 bits per heavy atom. The average molecular weight is 273 g/mol. The molecule has 90 valence electrons. The molecule has 2 rings (SSSR count). The van der Waals surface area contributed by atoms with E-state index in [2.05, 4.69) is 52.6 Å². The minimum absolute atomic E-state index is 0.599. The topological polar surface area (TPSA) is 12.0 Å². The van der Waals surface area contributed by atoms with Crippen LogP contribution in [0.5, 0.6) is 0 Å². The zero-order valence-corrected chi connectivity index (χ0v) is 12.1. The quantitative estimate of drug-likeness (QED) is 0.885. The molecule has 0 radical (unpaired) electrons. The molecule has 1 aromatic rings. The van der Waals surface area contributed by atoms with Crippen molar-refractivity contribution in [2.75, 3.05) is 23.8 Å². The SMILES string of the molecule is CC(Cc1ccsc1)NCC1CSCCS1. The molecule has 4 heteroatoms. The van der Waals surface area contributed by atoms with Crippen LogP contribution in [0.15, 0.2) is 16.8 Å². The van der Waals surface area contributed by atoms with E-state index in [0.29, 0.717) is 6.04 Å². The second kappa shape index (κ2) is 6.94. The maximum absolute atomic E-state index is 3.66. The summed E-state index contributed by atoms with van der Waals surface area (Å²) < 4.78 is 0. The first-order valence-corrected chi connectivity index (χ1v) is 8.93. The largest absolute Gasteiger partial charge is 0.313 e. The number of thiophene rings is 1. The zero-order valence-electron chi connectivity index (χ0n) is 9.65. The van der Waals surface area contributed by atoms with Gasteiger partial charge in [0.2, 0.25) is 0 Å². The van der Waals surface area contributed by atoms with Crippen molar-refractivity contribution >= 4 is 34.9 Å². The molecular formula is C12H19NS3. The highest BCUT2D eigenvalue weighted by Gasteiger charge is 2.14. The lowest BCUT2D eigenvalue weighted by atomic mass is 10.1. The Morgan fingerprint density at radius 3 is 3.12 bits per heavy atom. The van der Waals surface area contributed by atoms with Gasteiger partial charge in [-0.3, -0.25) is 0 Å². The zero-order chi connectivity index (χ0) is 11.2. The summed E-state index contributed by atoms with van der Waals surface area (Å²) in [4.78, 5) is 0. The Morgan fingerprint density at radius 1 is 1.50 bits per heavy atom. The van der Waals surface area contributed by atoms with Crippen LogP contribution in [0, 0.1) is 0 Å². The third-order valence-electron chi connectivity index (χ3n) is 2.70. The van der Waals surface area contributed by atoms with Crippen molar-refractivity contribution in [3.8, 4) is 0 Å². The second-order valence-corrected chi connectivity index (χ2v) is 7.55. The highest BCUT2D eigenvalue weighted by molar-refractivity contribution is 8.06. The molecule has 0 amide bonds. The summed E-state index contributed by atoms with van der Waals surface area (Å²) in [6.45, 7) is 3.46. The van der Waals surface area contributed by atoms with E-state index in [-0.39, 0.29) is 0 Å². The van der Waals surface area contributed by atoms with Crippen molar-refractivity contribution in [3.63, 3.8) is 0 Å². The van der Waals surface area contributed by atoms with E-state index in [0.717, 1.165) is 11.7 Å². The smallest absolute Gasteiger partial charge is 0.0263 e. The van der Waals surface area contributed by atoms with Gasteiger partial charge < -0.3 is 5.32 Å². The fourth-order valence-corrected chi connectivity index (χ4v) is 5.13. The molecular weight excluding hydrogens is 254 g/mol. The molecule has 1 saturated heterocycles. The lowest BCUT2D eigenvalue weighted by Crippen LogP contribution is -2.35. The first kappa shape index (κ1) is 12.8. The van der Waals surface area contributed by atoms with E-state index in [1.807, 2.05) is 0 Å². The van der Waals surface area contributed by atoms with Gasteiger partial charge in [0.05, 0.1) is 0 Å². The van der Waals surface area contributed by atoms with Crippen LogP contribution >= 0.6 is 34.9 Å². The molecule has 0 aromatic carbocycles. The van der Waals surface area contributed by atoms with Crippen molar-refractivity contribution in [3.05, 3.63) is 22.4 Å². The summed E-state index contributed by atoms with van der Waals surface area (Å²) in [7, 11) is 0. The van der Waals surface area contributed by atoms with Gasteiger partial charge in [-0.1, -0.05) is 0 Å². The third-order valence-corrected chi connectivity index (χ3v) is 6.28. The maximum Gasteiger partial charge on any atom is 0.0263 e. The van der Waals surface area contributed by atoms with E-state index in [4.69, 9.17) is 0 Å². The van der Waals surface area contributed by atoms with Crippen LogP contribution in [0.25, 0.3) is 0 Å². The Labute approximate surface area is 111 Å². The van der Waals surface area contributed by atoms with Crippen LogP contribution in [-0.2, 0) is 6.42 Å². The molecule has 16 heavy (non-hydrogen) atoms. The lowest BCUT2D eigenvalue weighted by Gasteiger charge is -2.23. The second-order valence-electron chi connectivity index (χ2n) is 4.21. The molecule has 0 saturated carbocycles. The molecule has 1 aliphatic rings. The fourth-order valence-electron chi connectivity index (χ4n) is 1.82. The number of thioether (sulfide) groups is 2. The molecule has 1 aliphatic heterocycles. The van der Waals surface area contributed by atoms with Crippen molar-refractivity contribution in [1.29, 1.82) is 0 Å². The summed E-state index contributed by atoms with van der Waals surface area (Å²) >= 11 is 6.03. The van der Waals surface area contributed by atoms with Gasteiger partial charge in [0, 0.05) is 35.1 Å². The van der Waals surface area contributed by atoms with Gasteiger partial charge in [0.15, 0.2) is 0 Å². The first-order chi connectivity index (χ1) is 7.84. The van der Waals surface area contributed by atoms with E-state index in [1.54, 1.807) is 11.3 Å². The van der Waals surface area contributed by atoms with Crippen LogP contribution in [0.3, 0.4) is 0 Å². The van der Waals surface area contributed by atoms with Crippen LogP contribution in [-0.4, -0.2) is 35.1 Å². The highest BCUT2D eigenvalue weighted by atomic mass is 32.2. The number of rotatable bonds is 5. The molecule has 2 heterocycles. The minimum atomic E-state index is 0.599. The van der Waals surface area contributed by atoms with Crippen molar-refractivity contribution in [2.45, 2.75) is 24.6 Å². The Hall–Kier alpha value is 0.360. The van der Waals surface area contributed by atoms with Gasteiger partial charge in [-0.25, -0.2) is 0 Å². The summed E-state index contributed by atoms with van der Waals surface area (Å²) in [6.07, 6.45) is 1.16. The van der Waals surface area contributed by atoms with Crippen LogP contribution in [0.2, 0.25) is 0 Å². The van der Waals surface area contributed by atoms with Gasteiger partial charge in [-0.15, -0.1) is 0 Å². The predicted octanol–water partition coefficient (Wildman–Crippen LogP) is 3.12. The van der Waals surface area contributed by atoms with E-state index in [1.165, 1.54) is 29.4 Å². The number of hydrogen-bond donors (Lipinski definition) is 1. The van der Waals surface area contributed by atoms with Crippen molar-refractivity contribution < 1.29 is 0 Å². The lowest BCUT2D eigenvalue weighted by molar-refractivity contribution is 0.549. The monoisotopic (exact) mass is 273 g/mol. The summed E-state index contributed by atoms with van der Waals surface area (Å²) in [5.74, 6) is 3.99. The van der Waals surface area contributed by atoms with Gasteiger partial charge in [0.1, 0.15) is 0 Å². The Kier molecular flexibility index (Phi) is 5.56. The van der Waals surface area contributed by atoms with Crippen LogP contribution in [0.4, 0.5) is 0 Å². The third kappa shape index (κ3) is 4.32. The molecule has 0 spiro atoms. The Bertz CT molecular complexity index is 280. The minimum Gasteiger partial charge on any atom is -0.313 e. The van der Waals surface area contributed by atoms with E-state index < -0.39 is 0 Å². The highest BCUT2D eigenvalue weighted by Crippen LogP contribution is 2.23. The molecule has 1 fully saturated rings. The fraction of sp³-hybridized carbons (Fsp3) is 0.667. The maximum atomic E-state index is 3.66. The van der Waals surface area contributed by atoms with E-state index in [9.17, 15) is 0 Å². The van der Waals surface area contributed by atoms with E-state index >= 15 is 0 Å². The van der Waals surface area contributed by atoms with Gasteiger partial charge in [-0.05, 0) is 35.7 Å². The molecule has 1 N–H and O–H groups in total. The predicted molar refractivity (Wildman–Crippen MR) is 79.1 cm³/mol. The van der Waals surface area contributed by atoms with Crippen LogP contribution in [0.1, 0.15) is 12.5 Å². The van der Waals surface area contributed by atoms with Crippen LogP contribution < -0.4 is 5.32 Å². The summed E-state index contributed by atoms with van der Waals surface area (Å²) in [6, 6.07) is 2.83. The molecule has 2 unspecified atom stereocenters. The average Bonchev–Trinajstić information content (AvgIpc) is 2.81. The van der Waals surface area contributed by atoms with Crippen molar-refractivity contribution in [1.82, 2.24) is 5.32 Å². The Balaban J connectivity index is 1.65.